The smallest absolute Gasteiger partial charge is 0.321 e. The number of carbonyl (C=O) groups is 2. The molecule has 0 bridgehead atoms. The summed E-state index contributed by atoms with van der Waals surface area (Å²) in [7, 11) is 0. The zero-order valence-electron chi connectivity index (χ0n) is 13.2. The van der Waals surface area contributed by atoms with Crippen molar-refractivity contribution < 1.29 is 9.59 Å². The van der Waals surface area contributed by atoms with Gasteiger partial charge in [0, 0.05) is 6.54 Å². The van der Waals surface area contributed by atoms with Gasteiger partial charge in [0.1, 0.15) is 6.04 Å². The fourth-order valence-corrected chi connectivity index (χ4v) is 2.90. The van der Waals surface area contributed by atoms with E-state index in [4.69, 9.17) is 0 Å². The van der Waals surface area contributed by atoms with Crippen molar-refractivity contribution in [3.05, 3.63) is 35.9 Å². The number of urea groups is 1. The van der Waals surface area contributed by atoms with Crippen LogP contribution in [-0.4, -0.2) is 36.5 Å². The molecule has 0 spiro atoms. The van der Waals surface area contributed by atoms with Gasteiger partial charge in [-0.1, -0.05) is 43.2 Å². The first kappa shape index (κ1) is 16.5. The van der Waals surface area contributed by atoms with Crippen LogP contribution < -0.4 is 10.6 Å². The number of carbonyl (C=O) groups excluding carboxylic acids is 2. The number of benzene rings is 1. The number of hydrogen-bond acceptors (Lipinski definition) is 3. The van der Waals surface area contributed by atoms with Crippen molar-refractivity contribution in [3.8, 4) is 0 Å². The highest BCUT2D eigenvalue weighted by Crippen LogP contribution is 2.24. The van der Waals surface area contributed by atoms with Crippen LogP contribution in [0.4, 0.5) is 4.79 Å². The molecule has 0 aliphatic carbocycles. The van der Waals surface area contributed by atoms with Crippen molar-refractivity contribution in [2.24, 2.45) is 0 Å². The molecule has 1 unspecified atom stereocenters. The lowest BCUT2D eigenvalue weighted by Gasteiger charge is -2.29. The molecule has 1 aliphatic rings. The fourth-order valence-electron chi connectivity index (χ4n) is 2.90. The SMILES string of the molecule is CCNC(=O)NC(=O)C(c1ccccc1)N1CCCCCC1. The summed E-state index contributed by atoms with van der Waals surface area (Å²) in [6.07, 6.45) is 4.60. The zero-order chi connectivity index (χ0) is 15.8. The number of hydrogen-bond donors (Lipinski definition) is 2. The van der Waals surface area contributed by atoms with Crippen LogP contribution in [0.5, 0.6) is 0 Å². The number of likely N-dealkylation sites (tertiary alicyclic amines) is 1. The van der Waals surface area contributed by atoms with Crippen LogP contribution >= 0.6 is 0 Å². The lowest BCUT2D eigenvalue weighted by Crippen LogP contribution is -2.46. The second kappa shape index (κ2) is 8.54. The molecule has 2 N–H and O–H groups in total. The van der Waals surface area contributed by atoms with Gasteiger partial charge in [-0.2, -0.15) is 0 Å². The molecule has 22 heavy (non-hydrogen) atoms. The van der Waals surface area contributed by atoms with E-state index in [0.29, 0.717) is 6.54 Å². The van der Waals surface area contributed by atoms with E-state index >= 15 is 0 Å². The van der Waals surface area contributed by atoms with Crippen molar-refractivity contribution >= 4 is 11.9 Å². The summed E-state index contributed by atoms with van der Waals surface area (Å²) in [5.41, 5.74) is 0.936. The van der Waals surface area contributed by atoms with E-state index < -0.39 is 12.1 Å². The van der Waals surface area contributed by atoms with Gasteiger partial charge in [-0.05, 0) is 38.4 Å². The summed E-state index contributed by atoms with van der Waals surface area (Å²) in [5.74, 6) is -0.251. The highest BCUT2D eigenvalue weighted by Gasteiger charge is 2.29. The van der Waals surface area contributed by atoms with Crippen molar-refractivity contribution in [2.75, 3.05) is 19.6 Å². The van der Waals surface area contributed by atoms with Crippen molar-refractivity contribution in [1.29, 1.82) is 0 Å². The Labute approximate surface area is 132 Å². The van der Waals surface area contributed by atoms with Crippen molar-refractivity contribution in [3.63, 3.8) is 0 Å². The van der Waals surface area contributed by atoms with Crippen LogP contribution in [0.3, 0.4) is 0 Å². The van der Waals surface area contributed by atoms with E-state index in [1.54, 1.807) is 0 Å². The summed E-state index contributed by atoms with van der Waals surface area (Å²) in [5, 5.41) is 5.08. The average Bonchev–Trinajstić information content (AvgIpc) is 2.78. The lowest BCUT2D eigenvalue weighted by molar-refractivity contribution is -0.125. The van der Waals surface area contributed by atoms with Crippen LogP contribution in [-0.2, 0) is 4.79 Å². The Hall–Kier alpha value is -1.88. The highest BCUT2D eigenvalue weighted by atomic mass is 16.2. The molecule has 1 aliphatic heterocycles. The third kappa shape index (κ3) is 4.56. The average molecular weight is 303 g/mol. The molecule has 1 aromatic rings. The maximum atomic E-state index is 12.6. The Kier molecular flexibility index (Phi) is 6.40. The second-order valence-electron chi connectivity index (χ2n) is 5.61. The molecule has 5 heteroatoms. The number of imide groups is 1. The third-order valence-corrected chi connectivity index (χ3v) is 3.94. The first-order valence-electron chi connectivity index (χ1n) is 8.10. The van der Waals surface area contributed by atoms with Gasteiger partial charge in [0.15, 0.2) is 0 Å². The van der Waals surface area contributed by atoms with E-state index in [1.165, 1.54) is 12.8 Å². The summed E-state index contributed by atoms with van der Waals surface area (Å²) in [6, 6.07) is 8.87. The molecule has 2 rings (SSSR count). The largest absolute Gasteiger partial charge is 0.338 e. The molecule has 0 aromatic heterocycles. The van der Waals surface area contributed by atoms with Gasteiger partial charge < -0.3 is 5.32 Å². The molecule has 1 aromatic carbocycles. The van der Waals surface area contributed by atoms with E-state index in [0.717, 1.165) is 31.5 Å². The monoisotopic (exact) mass is 303 g/mol. The molecule has 1 fully saturated rings. The van der Waals surface area contributed by atoms with E-state index in [-0.39, 0.29) is 5.91 Å². The molecule has 120 valence electrons. The number of nitrogens with one attached hydrogen (secondary N) is 2. The molecule has 3 amide bonds. The highest BCUT2D eigenvalue weighted by molar-refractivity contribution is 5.97. The predicted molar refractivity (Wildman–Crippen MR) is 86.4 cm³/mol. The molecular weight excluding hydrogens is 278 g/mol. The van der Waals surface area contributed by atoms with Crippen LogP contribution in [0.1, 0.15) is 44.2 Å². The van der Waals surface area contributed by atoms with E-state index in [9.17, 15) is 9.59 Å². The number of nitrogens with zero attached hydrogens (tertiary/aromatic N) is 1. The molecule has 0 saturated carbocycles. The van der Waals surface area contributed by atoms with Gasteiger partial charge in [0.2, 0.25) is 5.91 Å². The Balaban J connectivity index is 2.17. The quantitative estimate of drug-likeness (QED) is 0.898. The third-order valence-electron chi connectivity index (χ3n) is 3.94. The standard InChI is InChI=1S/C17H25N3O2/c1-2-18-17(22)19-16(21)15(14-10-6-5-7-11-14)20-12-8-3-4-9-13-20/h5-7,10-11,15H,2-4,8-9,12-13H2,1H3,(H2,18,19,21,22). The van der Waals surface area contributed by atoms with Gasteiger partial charge in [-0.25, -0.2) is 4.79 Å². The van der Waals surface area contributed by atoms with Crippen molar-refractivity contribution in [1.82, 2.24) is 15.5 Å². The van der Waals surface area contributed by atoms with Crippen LogP contribution in [0.25, 0.3) is 0 Å². The van der Waals surface area contributed by atoms with Gasteiger partial charge in [0.05, 0.1) is 0 Å². The van der Waals surface area contributed by atoms with Crippen LogP contribution in [0.2, 0.25) is 0 Å². The molecule has 1 heterocycles. The summed E-state index contributed by atoms with van der Waals surface area (Å²) in [6.45, 7) is 4.11. The maximum absolute atomic E-state index is 12.6. The van der Waals surface area contributed by atoms with Gasteiger partial charge >= 0.3 is 6.03 Å². The second-order valence-corrected chi connectivity index (χ2v) is 5.61. The molecule has 5 nitrogen and oxygen atoms in total. The van der Waals surface area contributed by atoms with Gasteiger partial charge in [0.25, 0.3) is 0 Å². The molecular formula is C17H25N3O2. The summed E-state index contributed by atoms with van der Waals surface area (Å²) < 4.78 is 0. The summed E-state index contributed by atoms with van der Waals surface area (Å²) >= 11 is 0. The summed E-state index contributed by atoms with van der Waals surface area (Å²) in [4.78, 5) is 26.5. The minimum atomic E-state index is -0.428. The van der Waals surface area contributed by atoms with E-state index in [1.807, 2.05) is 37.3 Å². The molecule has 1 atom stereocenters. The minimum Gasteiger partial charge on any atom is -0.338 e. The minimum absolute atomic E-state index is 0.251. The van der Waals surface area contributed by atoms with Gasteiger partial charge in [-0.3, -0.25) is 15.0 Å². The topological polar surface area (TPSA) is 61.4 Å². The van der Waals surface area contributed by atoms with Crippen LogP contribution in [0, 0.1) is 0 Å². The van der Waals surface area contributed by atoms with Crippen LogP contribution in [0.15, 0.2) is 30.3 Å². The fraction of sp³-hybridized carbons (Fsp3) is 0.529. The first-order valence-corrected chi connectivity index (χ1v) is 8.10. The number of rotatable bonds is 4. The Morgan fingerprint density at radius 1 is 1.09 bits per heavy atom. The Bertz CT molecular complexity index is 482. The molecule has 1 saturated heterocycles. The predicted octanol–water partition coefficient (Wildman–Crippen LogP) is 2.45. The van der Waals surface area contributed by atoms with E-state index in [2.05, 4.69) is 15.5 Å². The van der Waals surface area contributed by atoms with Crippen molar-refractivity contribution in [2.45, 2.75) is 38.6 Å². The molecule has 0 radical (unpaired) electrons. The normalized spacial score (nSPS) is 17.3. The lowest BCUT2D eigenvalue weighted by atomic mass is 10.0. The number of amides is 3. The Morgan fingerprint density at radius 2 is 1.73 bits per heavy atom. The maximum Gasteiger partial charge on any atom is 0.321 e. The van der Waals surface area contributed by atoms with Gasteiger partial charge in [-0.15, -0.1) is 0 Å². The zero-order valence-corrected chi connectivity index (χ0v) is 13.2. The first-order chi connectivity index (χ1) is 10.7. The Morgan fingerprint density at radius 3 is 2.32 bits per heavy atom.